The van der Waals surface area contributed by atoms with Crippen LogP contribution in [0, 0.1) is 0 Å². The minimum atomic E-state index is -0.844. The number of unbranched alkanes of at least 4 members (excludes halogenated alkanes) is 1. The number of carbonyl (C=O) groups excluding carboxylic acids is 1. The Morgan fingerprint density at radius 1 is 0.889 bits per heavy atom. The van der Waals surface area contributed by atoms with Gasteiger partial charge in [0.1, 0.15) is 0 Å². The van der Waals surface area contributed by atoms with Crippen molar-refractivity contribution >= 4 is 11.9 Å². The van der Waals surface area contributed by atoms with Crippen LogP contribution in [0.25, 0.3) is 11.1 Å². The van der Waals surface area contributed by atoms with Crippen molar-refractivity contribution < 1.29 is 34.4 Å². The molecule has 9 nitrogen and oxygen atoms in total. The molecule has 0 bridgehead atoms. The van der Waals surface area contributed by atoms with Crippen LogP contribution in [0.2, 0.25) is 0 Å². The fourth-order valence-electron chi connectivity index (χ4n) is 6.26. The molecule has 0 radical (unpaired) electrons. The molecule has 2 saturated heterocycles. The van der Waals surface area contributed by atoms with Gasteiger partial charge < -0.3 is 30.1 Å². The van der Waals surface area contributed by atoms with E-state index in [2.05, 4.69) is 10.2 Å². The first-order chi connectivity index (χ1) is 21.9. The number of carbonyl (C=O) groups is 2. The fourth-order valence-corrected chi connectivity index (χ4v) is 6.26. The van der Waals surface area contributed by atoms with Gasteiger partial charge in [-0.15, -0.1) is 0 Å². The second-order valence-corrected chi connectivity index (χ2v) is 12.0. The third-order valence-electron chi connectivity index (χ3n) is 8.79. The third kappa shape index (κ3) is 8.99. The predicted molar refractivity (Wildman–Crippen MR) is 170 cm³/mol. The van der Waals surface area contributed by atoms with Crippen molar-refractivity contribution in [3.05, 3.63) is 95.1 Å². The van der Waals surface area contributed by atoms with Crippen LogP contribution in [0.4, 0.5) is 0 Å². The first kappa shape index (κ1) is 32.8. The zero-order chi connectivity index (χ0) is 31.6. The number of nitrogens with zero attached hydrogens (tertiary/aromatic N) is 1. The second-order valence-electron chi connectivity index (χ2n) is 12.0. The van der Waals surface area contributed by atoms with Crippen molar-refractivity contribution in [2.75, 3.05) is 19.7 Å². The molecule has 0 unspecified atom stereocenters. The first-order valence-electron chi connectivity index (χ1n) is 16.0. The zero-order valence-corrected chi connectivity index (χ0v) is 25.6. The average Bonchev–Trinajstić information content (AvgIpc) is 3.52. The van der Waals surface area contributed by atoms with Crippen molar-refractivity contribution in [2.45, 2.75) is 82.6 Å². The van der Waals surface area contributed by atoms with Crippen LogP contribution in [0.15, 0.2) is 72.8 Å². The maximum absolute atomic E-state index is 12.3. The summed E-state index contributed by atoms with van der Waals surface area (Å²) in [4.78, 5) is 25.4. The number of likely N-dealkylation sites (tertiary alicyclic amines) is 1. The number of benzene rings is 3. The maximum Gasteiger partial charge on any atom is 0.303 e. The van der Waals surface area contributed by atoms with Crippen molar-refractivity contribution in [2.24, 2.45) is 0 Å². The van der Waals surface area contributed by atoms with E-state index in [0.717, 1.165) is 59.3 Å². The highest BCUT2D eigenvalue weighted by molar-refractivity contribution is 5.76. The van der Waals surface area contributed by atoms with Crippen molar-refractivity contribution in [1.29, 1.82) is 0 Å². The lowest BCUT2D eigenvalue weighted by Gasteiger charge is -2.38. The van der Waals surface area contributed by atoms with Crippen molar-refractivity contribution in [3.8, 4) is 11.1 Å². The molecule has 1 amide bonds. The Labute approximate surface area is 264 Å². The van der Waals surface area contributed by atoms with Crippen LogP contribution in [0.1, 0.15) is 79.6 Å². The van der Waals surface area contributed by atoms with E-state index in [9.17, 15) is 19.8 Å². The molecule has 4 atom stereocenters. The van der Waals surface area contributed by atoms with Crippen LogP contribution in [-0.2, 0) is 32.2 Å². The molecule has 2 fully saturated rings. The van der Waals surface area contributed by atoms with Gasteiger partial charge in [-0.3, -0.25) is 14.5 Å². The molecule has 0 spiro atoms. The molecular weight excluding hydrogens is 572 g/mol. The van der Waals surface area contributed by atoms with Crippen LogP contribution in [0.3, 0.4) is 0 Å². The summed E-state index contributed by atoms with van der Waals surface area (Å²) in [7, 11) is 0. The van der Waals surface area contributed by atoms with Gasteiger partial charge in [0.15, 0.2) is 6.29 Å². The topological polar surface area (TPSA) is 129 Å². The summed E-state index contributed by atoms with van der Waals surface area (Å²) in [5.74, 6) is -0.935. The molecule has 3 aromatic carbocycles. The van der Waals surface area contributed by atoms with E-state index in [1.165, 1.54) is 0 Å². The molecule has 2 aliphatic heterocycles. The predicted octanol–water partition coefficient (Wildman–Crippen LogP) is 5.11. The molecule has 0 saturated carbocycles. The fraction of sp³-hybridized carbons (Fsp3) is 0.444. The number of rotatable bonds is 14. The minimum Gasteiger partial charge on any atom is -0.481 e. The monoisotopic (exact) mass is 616 g/mol. The van der Waals surface area contributed by atoms with E-state index in [1.54, 1.807) is 0 Å². The Kier molecular flexibility index (Phi) is 11.7. The van der Waals surface area contributed by atoms with Gasteiger partial charge in [0, 0.05) is 44.0 Å². The summed E-state index contributed by atoms with van der Waals surface area (Å²) in [6.07, 6.45) is 3.35. The molecule has 2 aliphatic rings. The molecule has 240 valence electrons. The molecule has 45 heavy (non-hydrogen) atoms. The average molecular weight is 617 g/mol. The lowest BCUT2D eigenvalue weighted by atomic mass is 9.97. The van der Waals surface area contributed by atoms with Crippen molar-refractivity contribution in [1.82, 2.24) is 10.2 Å². The minimum absolute atomic E-state index is 0.00583. The highest BCUT2D eigenvalue weighted by atomic mass is 16.7. The van der Waals surface area contributed by atoms with Crippen LogP contribution in [-0.4, -0.2) is 63.9 Å². The van der Waals surface area contributed by atoms with Gasteiger partial charge in [0.2, 0.25) is 5.91 Å². The molecule has 0 aliphatic carbocycles. The molecule has 3 aromatic rings. The number of ether oxygens (including phenoxy) is 2. The van der Waals surface area contributed by atoms with Crippen LogP contribution >= 0.6 is 0 Å². The Hall–Kier alpha value is -3.60. The summed E-state index contributed by atoms with van der Waals surface area (Å²) in [6.45, 7) is 2.21. The summed E-state index contributed by atoms with van der Waals surface area (Å²) in [5.41, 5.74) is 5.83. The van der Waals surface area contributed by atoms with Crippen LogP contribution < -0.4 is 5.32 Å². The molecule has 9 heteroatoms. The van der Waals surface area contributed by atoms with E-state index >= 15 is 0 Å². The molecule has 0 aromatic heterocycles. The third-order valence-corrected chi connectivity index (χ3v) is 8.79. The van der Waals surface area contributed by atoms with E-state index in [0.29, 0.717) is 32.2 Å². The molecule has 5 rings (SSSR count). The van der Waals surface area contributed by atoms with Gasteiger partial charge in [0.25, 0.3) is 0 Å². The number of amides is 1. The number of nitrogens with one attached hydrogen (secondary N) is 1. The number of hydrogen-bond donors (Lipinski definition) is 4. The number of aliphatic carboxylic acids is 1. The molecule has 4 N–H and O–H groups in total. The molecule has 2 heterocycles. The maximum atomic E-state index is 12.3. The SMILES string of the molecule is O=C(O)CCCCC(=O)NCc1ccccc1-c1ccc([C@H]2O[C@@H](CN3CCC[C@H]3CO)C[C@@H](c3ccc(CO)cc3)O2)cc1. The van der Waals surface area contributed by atoms with Crippen molar-refractivity contribution in [3.63, 3.8) is 0 Å². The van der Waals surface area contributed by atoms with E-state index in [-0.39, 0.29) is 43.8 Å². The Bertz CT molecular complexity index is 1400. The zero-order valence-electron chi connectivity index (χ0n) is 25.6. The first-order valence-corrected chi connectivity index (χ1v) is 16.0. The Balaban J connectivity index is 1.28. The van der Waals surface area contributed by atoms with Gasteiger partial charge in [-0.25, -0.2) is 0 Å². The highest BCUT2D eigenvalue weighted by Crippen LogP contribution is 2.39. The second kappa shape index (κ2) is 16.1. The number of carboxylic acid groups (broad SMARTS) is 1. The number of aliphatic hydroxyl groups is 2. The summed E-state index contributed by atoms with van der Waals surface area (Å²) >= 11 is 0. The van der Waals surface area contributed by atoms with Gasteiger partial charge in [-0.2, -0.15) is 0 Å². The summed E-state index contributed by atoms with van der Waals surface area (Å²) < 4.78 is 13.1. The van der Waals surface area contributed by atoms with E-state index in [1.807, 2.05) is 72.8 Å². The van der Waals surface area contributed by atoms with E-state index in [4.69, 9.17) is 14.6 Å². The quantitative estimate of drug-likeness (QED) is 0.184. The number of hydrogen-bond acceptors (Lipinski definition) is 7. The normalized spacial score (nSPS) is 21.9. The van der Waals surface area contributed by atoms with Crippen LogP contribution in [0.5, 0.6) is 0 Å². The van der Waals surface area contributed by atoms with Gasteiger partial charge in [-0.1, -0.05) is 72.8 Å². The smallest absolute Gasteiger partial charge is 0.303 e. The summed E-state index contributed by atoms with van der Waals surface area (Å²) in [6, 6.07) is 24.1. The van der Waals surface area contributed by atoms with Gasteiger partial charge in [0.05, 0.1) is 25.4 Å². The number of carboxylic acids is 1. The summed E-state index contributed by atoms with van der Waals surface area (Å²) in [5, 5.41) is 31.1. The largest absolute Gasteiger partial charge is 0.481 e. The molecular formula is C36H44N2O7. The lowest BCUT2D eigenvalue weighted by molar-refractivity contribution is -0.253. The Morgan fingerprint density at radius 3 is 2.36 bits per heavy atom. The standard InChI is InChI=1S/C36H44N2O7/c39-23-25-11-13-27(14-12-25)33-20-31(22-38-19-5-7-30(38)24-40)44-36(45-33)28-17-15-26(16-18-28)32-8-2-1-6-29(32)21-37-34(41)9-3-4-10-35(42)43/h1-2,6,8,11-18,30-31,33,36,39-40H,3-5,7,9-10,19-24H2,(H,37,41)(H,42,43)/t30-,31+,33-,36-/m0/s1. The van der Waals surface area contributed by atoms with Gasteiger partial charge in [-0.05, 0) is 60.0 Å². The lowest BCUT2D eigenvalue weighted by Crippen LogP contribution is -2.42. The van der Waals surface area contributed by atoms with Gasteiger partial charge >= 0.3 is 5.97 Å². The highest BCUT2D eigenvalue weighted by Gasteiger charge is 2.35. The Morgan fingerprint density at radius 2 is 1.62 bits per heavy atom. The number of aliphatic hydroxyl groups excluding tert-OH is 2. The van der Waals surface area contributed by atoms with E-state index < -0.39 is 12.3 Å².